The first-order valence-corrected chi connectivity index (χ1v) is 19.2. The monoisotopic (exact) mass is 769 g/mol. The number of amides is 3. The van der Waals surface area contributed by atoms with Crippen LogP contribution < -0.4 is 26.3 Å². The fourth-order valence-corrected chi connectivity index (χ4v) is 8.50. The molecule has 3 amide bonds. The van der Waals surface area contributed by atoms with Crippen LogP contribution in [0, 0.1) is 6.92 Å². The number of nitrogens with zero attached hydrogens (tertiary/aromatic N) is 8. The fourth-order valence-electron chi connectivity index (χ4n) is 7.44. The number of imidazole rings is 1. The minimum atomic E-state index is -0.570. The van der Waals surface area contributed by atoms with Crippen molar-refractivity contribution in [1.82, 2.24) is 33.7 Å². The number of likely N-dealkylation sites (N-methyl/N-ethyl adjacent to an activating group) is 1. The van der Waals surface area contributed by atoms with Crippen molar-refractivity contribution >= 4 is 56.3 Å². The Morgan fingerprint density at radius 3 is 2.53 bits per heavy atom. The molecule has 0 atom stereocenters. The molecule has 0 unspecified atom stereocenters. The third-order valence-electron chi connectivity index (χ3n) is 9.99. The van der Waals surface area contributed by atoms with Crippen molar-refractivity contribution in [3.8, 4) is 5.75 Å². The molecule has 0 radical (unpaired) electrons. The molecule has 0 aliphatic carbocycles. The number of anilines is 1. The average molecular weight is 770 g/mol. The van der Waals surface area contributed by atoms with Crippen LogP contribution in [0.3, 0.4) is 0 Å². The molecular formula is C38H47N11O5S. The summed E-state index contributed by atoms with van der Waals surface area (Å²) in [7, 11) is 3.87. The SMILES string of the molecule is CCn1nc(C)cc1C(=O)Nc1nc2cc(C(N)=O)ccc2n1C/C=C/Cn1c(=NC)sc2cc(C(N)=O)cc(OCCCN3CC4(CN(C)CCO4)C3)c21. The topological polar surface area (TPSA) is 193 Å². The van der Waals surface area contributed by atoms with Gasteiger partial charge in [0, 0.05) is 70.5 Å². The molecule has 2 saturated heterocycles. The van der Waals surface area contributed by atoms with Crippen LogP contribution in [0.25, 0.3) is 21.3 Å². The molecule has 16 nitrogen and oxygen atoms in total. The van der Waals surface area contributed by atoms with Gasteiger partial charge >= 0.3 is 0 Å². The molecular weight excluding hydrogens is 723 g/mol. The number of benzene rings is 2. The number of nitrogens with one attached hydrogen (secondary N) is 1. The minimum absolute atomic E-state index is 0.0565. The number of carbonyl (C=O) groups excluding carboxylic acids is 3. The van der Waals surface area contributed by atoms with E-state index in [2.05, 4.69) is 41.8 Å². The predicted octanol–water partition coefficient (Wildman–Crippen LogP) is 2.60. The molecule has 0 bridgehead atoms. The standard InChI is InChI=1S/C38H47N11O5S/c1-5-49-29(17-24(2)44-49)35(52)43-36-42-27-18-25(33(39)50)9-10-28(27)47(36)12-6-7-13-48-32-30(19-26(34(40)51)20-31(32)55-37(48)41-3)53-15-8-11-46-22-38(23-46)21-45(4)14-16-54-38/h6-7,9-10,17-20H,5,8,11-16,21-23H2,1-4H3,(H2,39,50)(H2,40,51)(H,42,43,52)/b7-6+,41-37?. The highest BCUT2D eigenvalue weighted by Gasteiger charge is 2.46. The maximum atomic E-state index is 13.4. The molecule has 2 aliphatic heterocycles. The van der Waals surface area contributed by atoms with Crippen molar-refractivity contribution in [2.75, 3.05) is 65.3 Å². The number of aromatic nitrogens is 5. The summed E-state index contributed by atoms with van der Waals surface area (Å²) in [4.78, 5) is 52.4. The molecule has 3 aromatic heterocycles. The zero-order chi connectivity index (χ0) is 38.9. The first kappa shape index (κ1) is 37.9. The number of allylic oxidation sites excluding steroid dienone is 2. The molecule has 2 fully saturated rings. The van der Waals surface area contributed by atoms with Gasteiger partial charge in [-0.1, -0.05) is 23.5 Å². The van der Waals surface area contributed by atoms with E-state index in [0.29, 0.717) is 65.8 Å². The highest BCUT2D eigenvalue weighted by Crippen LogP contribution is 2.32. The van der Waals surface area contributed by atoms with Crippen molar-refractivity contribution in [1.29, 1.82) is 0 Å². The maximum absolute atomic E-state index is 13.4. The van der Waals surface area contributed by atoms with Gasteiger partial charge in [0.05, 0.1) is 34.6 Å². The molecule has 7 rings (SSSR count). The minimum Gasteiger partial charge on any atom is -0.491 e. The van der Waals surface area contributed by atoms with E-state index < -0.39 is 11.8 Å². The third-order valence-corrected chi connectivity index (χ3v) is 11.1. The Morgan fingerprint density at radius 2 is 1.82 bits per heavy atom. The number of fused-ring (bicyclic) bond motifs is 2. The number of ether oxygens (including phenoxy) is 2. The maximum Gasteiger partial charge on any atom is 0.276 e. The van der Waals surface area contributed by atoms with E-state index in [1.807, 2.05) is 30.6 Å². The number of hydrogen-bond acceptors (Lipinski definition) is 11. The van der Waals surface area contributed by atoms with Crippen LogP contribution in [-0.4, -0.2) is 117 Å². The van der Waals surface area contributed by atoms with Gasteiger partial charge in [-0.25, -0.2) is 4.98 Å². The van der Waals surface area contributed by atoms with Gasteiger partial charge in [-0.2, -0.15) is 5.10 Å². The van der Waals surface area contributed by atoms with E-state index in [0.717, 1.165) is 66.5 Å². The first-order valence-electron chi connectivity index (χ1n) is 18.4. The van der Waals surface area contributed by atoms with Crippen LogP contribution in [-0.2, 0) is 24.4 Å². The van der Waals surface area contributed by atoms with Crippen LogP contribution in [0.15, 0.2) is 53.5 Å². The van der Waals surface area contributed by atoms with Crippen LogP contribution >= 0.6 is 11.3 Å². The van der Waals surface area contributed by atoms with Crippen molar-refractivity contribution in [3.63, 3.8) is 0 Å². The van der Waals surface area contributed by atoms with Crippen LogP contribution in [0.1, 0.15) is 50.2 Å². The number of likely N-dealkylation sites (tertiary alicyclic amines) is 1. The van der Waals surface area contributed by atoms with Crippen molar-refractivity contribution in [2.45, 2.75) is 45.5 Å². The van der Waals surface area contributed by atoms with Crippen molar-refractivity contribution in [3.05, 3.63) is 75.9 Å². The Morgan fingerprint density at radius 1 is 1.05 bits per heavy atom. The van der Waals surface area contributed by atoms with Gasteiger partial charge in [0.2, 0.25) is 17.8 Å². The Bertz CT molecular complexity index is 2360. The van der Waals surface area contributed by atoms with E-state index in [9.17, 15) is 14.4 Å². The molecule has 290 valence electrons. The molecule has 5 N–H and O–H groups in total. The summed E-state index contributed by atoms with van der Waals surface area (Å²) in [5, 5.41) is 7.34. The van der Waals surface area contributed by atoms with Gasteiger partial charge in [0.25, 0.3) is 5.91 Å². The van der Waals surface area contributed by atoms with Gasteiger partial charge in [-0.15, -0.1) is 0 Å². The number of thiazole rings is 1. The average Bonchev–Trinajstić information content (AvgIpc) is 3.82. The molecule has 1 spiro atoms. The lowest BCUT2D eigenvalue weighted by Gasteiger charge is -2.53. The number of primary amides is 2. The van der Waals surface area contributed by atoms with Gasteiger partial charge < -0.3 is 35.0 Å². The summed E-state index contributed by atoms with van der Waals surface area (Å²) in [6, 6.07) is 10.2. The Kier molecular flexibility index (Phi) is 10.9. The number of nitrogens with two attached hydrogens (primary N) is 2. The molecule has 0 saturated carbocycles. The lowest BCUT2D eigenvalue weighted by atomic mass is 9.92. The second kappa shape index (κ2) is 15.8. The van der Waals surface area contributed by atoms with E-state index in [1.54, 1.807) is 48.1 Å². The largest absolute Gasteiger partial charge is 0.491 e. The Hall–Kier alpha value is -5.36. The van der Waals surface area contributed by atoms with Gasteiger partial charge in [0.15, 0.2) is 4.80 Å². The van der Waals surface area contributed by atoms with Gasteiger partial charge in [-0.05, 0) is 63.7 Å². The lowest BCUT2D eigenvalue weighted by Crippen LogP contribution is -2.69. The van der Waals surface area contributed by atoms with E-state index in [4.69, 9.17) is 20.9 Å². The van der Waals surface area contributed by atoms with Crippen LogP contribution in [0.2, 0.25) is 0 Å². The number of aryl methyl sites for hydroxylation is 2. The summed E-state index contributed by atoms with van der Waals surface area (Å²) in [6.07, 6.45) is 4.78. The third kappa shape index (κ3) is 7.91. The van der Waals surface area contributed by atoms with Crippen molar-refractivity contribution < 1.29 is 23.9 Å². The predicted molar refractivity (Wildman–Crippen MR) is 211 cm³/mol. The van der Waals surface area contributed by atoms with Crippen LogP contribution in [0.5, 0.6) is 5.75 Å². The van der Waals surface area contributed by atoms with Crippen molar-refractivity contribution in [2.24, 2.45) is 16.5 Å². The van der Waals surface area contributed by atoms with Gasteiger partial charge in [0.1, 0.15) is 22.6 Å². The molecule has 55 heavy (non-hydrogen) atoms. The van der Waals surface area contributed by atoms with E-state index in [1.165, 1.54) is 11.3 Å². The number of hydrogen-bond donors (Lipinski definition) is 3. The summed E-state index contributed by atoms with van der Waals surface area (Å²) in [6.45, 7) is 10.9. The zero-order valence-corrected chi connectivity index (χ0v) is 32.4. The highest BCUT2D eigenvalue weighted by molar-refractivity contribution is 7.16. The summed E-state index contributed by atoms with van der Waals surface area (Å²) < 4.78 is 18.9. The summed E-state index contributed by atoms with van der Waals surface area (Å²) >= 11 is 1.45. The molecule has 2 aliphatic rings. The van der Waals surface area contributed by atoms with Crippen LogP contribution in [0.4, 0.5) is 5.95 Å². The Balaban J connectivity index is 1.10. The zero-order valence-electron chi connectivity index (χ0n) is 31.6. The second-order valence-corrected chi connectivity index (χ2v) is 15.1. The molecule has 5 heterocycles. The highest BCUT2D eigenvalue weighted by atomic mass is 32.1. The number of rotatable bonds is 14. The Labute approximate surface area is 322 Å². The first-order chi connectivity index (χ1) is 26.5. The lowest BCUT2D eigenvalue weighted by molar-refractivity contribution is -0.180. The van der Waals surface area contributed by atoms with E-state index >= 15 is 0 Å². The number of carbonyl (C=O) groups is 3. The molecule has 2 aromatic carbocycles. The summed E-state index contributed by atoms with van der Waals surface area (Å²) in [5.74, 6) is -0.569. The smallest absolute Gasteiger partial charge is 0.276 e. The normalized spacial score (nSPS) is 16.4. The quantitative estimate of drug-likeness (QED) is 0.113. The number of morpholine rings is 1. The molecule has 5 aromatic rings. The van der Waals surface area contributed by atoms with Gasteiger partial charge in [-0.3, -0.25) is 34.3 Å². The summed E-state index contributed by atoms with van der Waals surface area (Å²) in [5.41, 5.74) is 15.1. The molecule has 17 heteroatoms. The fraction of sp³-hybridized carbons (Fsp3) is 0.421. The second-order valence-electron chi connectivity index (χ2n) is 14.1. The van der Waals surface area contributed by atoms with E-state index in [-0.39, 0.29) is 11.5 Å².